The van der Waals surface area contributed by atoms with Crippen molar-refractivity contribution in [1.29, 1.82) is 0 Å². The summed E-state index contributed by atoms with van der Waals surface area (Å²) in [4.78, 5) is 20.4. The molecule has 1 aromatic rings. The van der Waals surface area contributed by atoms with Crippen LogP contribution in [0, 0.1) is 10.1 Å². The Morgan fingerprint density at radius 3 is 2.12 bits per heavy atom. The van der Waals surface area contributed by atoms with Crippen LogP contribution in [0.5, 0.6) is 0 Å². The van der Waals surface area contributed by atoms with Gasteiger partial charge in [0.2, 0.25) is 0 Å². The van der Waals surface area contributed by atoms with Crippen molar-refractivity contribution in [2.45, 2.75) is 6.18 Å². The second-order valence-corrected chi connectivity index (χ2v) is 3.65. The largest absolute Gasteiger partial charge is 0.455 e. The SMILES string of the molecule is O=C(c1c(Cl)ccc(Cl)c1[N+](=O)[O-])C(F)(F)F. The number of Topliss-reactive ketones (excluding diaryl/α,β-unsaturated/α-hetero) is 1. The molecule has 0 aliphatic heterocycles. The van der Waals surface area contributed by atoms with Gasteiger partial charge in [-0.15, -0.1) is 0 Å². The molecular weight excluding hydrogens is 286 g/mol. The second-order valence-electron chi connectivity index (χ2n) is 2.84. The van der Waals surface area contributed by atoms with Crippen molar-refractivity contribution in [3.8, 4) is 0 Å². The predicted octanol–water partition coefficient (Wildman–Crippen LogP) is 3.65. The first-order valence-corrected chi connectivity index (χ1v) is 4.65. The lowest BCUT2D eigenvalue weighted by atomic mass is 10.1. The minimum Gasteiger partial charge on any atom is -0.284 e. The monoisotopic (exact) mass is 287 g/mol. The van der Waals surface area contributed by atoms with E-state index in [9.17, 15) is 28.1 Å². The highest BCUT2D eigenvalue weighted by atomic mass is 35.5. The number of ketones is 1. The van der Waals surface area contributed by atoms with Gasteiger partial charge in [0, 0.05) is 0 Å². The van der Waals surface area contributed by atoms with Crippen molar-refractivity contribution >= 4 is 34.7 Å². The number of nitrogens with zero attached hydrogens (tertiary/aromatic N) is 1. The van der Waals surface area contributed by atoms with Gasteiger partial charge < -0.3 is 0 Å². The molecule has 0 spiro atoms. The van der Waals surface area contributed by atoms with Gasteiger partial charge in [-0.05, 0) is 12.1 Å². The molecule has 9 heteroatoms. The molecule has 0 radical (unpaired) electrons. The highest BCUT2D eigenvalue weighted by molar-refractivity contribution is 6.38. The number of hydrogen-bond donors (Lipinski definition) is 0. The summed E-state index contributed by atoms with van der Waals surface area (Å²) in [6.45, 7) is 0. The summed E-state index contributed by atoms with van der Waals surface area (Å²) in [5.74, 6) is -2.41. The second kappa shape index (κ2) is 4.50. The Morgan fingerprint density at radius 1 is 1.24 bits per heavy atom. The van der Waals surface area contributed by atoms with Crippen LogP contribution in [0.4, 0.5) is 18.9 Å². The van der Waals surface area contributed by atoms with E-state index < -0.39 is 38.2 Å². The number of hydrogen-bond acceptors (Lipinski definition) is 3. The normalized spacial score (nSPS) is 11.4. The number of alkyl halides is 3. The predicted molar refractivity (Wildman–Crippen MR) is 53.5 cm³/mol. The molecule has 0 amide bonds. The number of carbonyl (C=O) groups excluding carboxylic acids is 1. The molecule has 0 heterocycles. The van der Waals surface area contributed by atoms with Gasteiger partial charge in [0.15, 0.2) is 0 Å². The average molecular weight is 288 g/mol. The Kier molecular flexibility index (Phi) is 3.63. The molecule has 0 saturated heterocycles. The average Bonchev–Trinajstić information content (AvgIpc) is 2.18. The number of nitro groups is 1. The van der Waals surface area contributed by atoms with Crippen molar-refractivity contribution in [3.05, 3.63) is 37.9 Å². The third-order valence-corrected chi connectivity index (χ3v) is 2.36. The van der Waals surface area contributed by atoms with Crippen LogP contribution >= 0.6 is 23.2 Å². The van der Waals surface area contributed by atoms with E-state index in [1.165, 1.54) is 0 Å². The van der Waals surface area contributed by atoms with Crippen LogP contribution in [-0.4, -0.2) is 16.9 Å². The van der Waals surface area contributed by atoms with Crippen LogP contribution in [0.2, 0.25) is 10.0 Å². The van der Waals surface area contributed by atoms with Crippen molar-refractivity contribution < 1.29 is 22.9 Å². The first kappa shape index (κ1) is 13.7. The lowest BCUT2D eigenvalue weighted by Gasteiger charge is -2.08. The van der Waals surface area contributed by atoms with Gasteiger partial charge in [0.25, 0.3) is 5.78 Å². The summed E-state index contributed by atoms with van der Waals surface area (Å²) in [5.41, 5.74) is -2.40. The zero-order valence-electron chi connectivity index (χ0n) is 7.72. The topological polar surface area (TPSA) is 60.2 Å². The molecule has 0 N–H and O–H groups in total. The molecule has 0 aliphatic carbocycles. The van der Waals surface area contributed by atoms with E-state index in [2.05, 4.69) is 0 Å². The van der Waals surface area contributed by atoms with Gasteiger partial charge >= 0.3 is 11.9 Å². The Morgan fingerprint density at radius 2 is 1.71 bits per heavy atom. The van der Waals surface area contributed by atoms with Gasteiger partial charge in [-0.1, -0.05) is 23.2 Å². The van der Waals surface area contributed by atoms with Gasteiger partial charge in [0.05, 0.1) is 9.95 Å². The van der Waals surface area contributed by atoms with Gasteiger partial charge in [0.1, 0.15) is 10.6 Å². The molecule has 1 aromatic carbocycles. The maximum Gasteiger partial charge on any atom is 0.455 e. The van der Waals surface area contributed by atoms with Gasteiger partial charge in [-0.3, -0.25) is 14.9 Å². The first-order chi connectivity index (χ1) is 7.66. The molecule has 92 valence electrons. The number of carbonyl (C=O) groups is 1. The molecule has 1 rings (SSSR count). The van der Waals surface area contributed by atoms with E-state index in [0.29, 0.717) is 0 Å². The molecule has 0 unspecified atom stereocenters. The fraction of sp³-hybridized carbons (Fsp3) is 0.125. The lowest BCUT2D eigenvalue weighted by molar-refractivity contribution is -0.385. The summed E-state index contributed by atoms with van der Waals surface area (Å²) < 4.78 is 36.6. The number of halogens is 5. The van der Waals surface area contributed by atoms with E-state index in [1.54, 1.807) is 0 Å². The van der Waals surface area contributed by atoms with Crippen LogP contribution in [0.3, 0.4) is 0 Å². The van der Waals surface area contributed by atoms with Gasteiger partial charge in [-0.25, -0.2) is 0 Å². The zero-order valence-corrected chi connectivity index (χ0v) is 9.23. The van der Waals surface area contributed by atoms with Crippen molar-refractivity contribution in [3.63, 3.8) is 0 Å². The Labute approximate surface area is 102 Å². The van der Waals surface area contributed by atoms with Crippen LogP contribution in [0.1, 0.15) is 10.4 Å². The van der Waals surface area contributed by atoms with Crippen molar-refractivity contribution in [1.82, 2.24) is 0 Å². The molecular formula is C8H2Cl2F3NO3. The molecule has 0 fully saturated rings. The summed E-state index contributed by atoms with van der Waals surface area (Å²) in [6, 6.07) is 1.82. The summed E-state index contributed by atoms with van der Waals surface area (Å²) in [6.07, 6.45) is -5.26. The van der Waals surface area contributed by atoms with E-state index in [1.807, 2.05) is 0 Å². The van der Waals surface area contributed by atoms with Crippen LogP contribution in [-0.2, 0) is 0 Å². The summed E-state index contributed by atoms with van der Waals surface area (Å²) in [5, 5.41) is 9.30. The number of benzene rings is 1. The van der Waals surface area contributed by atoms with Crippen molar-refractivity contribution in [2.24, 2.45) is 0 Å². The fourth-order valence-electron chi connectivity index (χ4n) is 1.08. The Hall–Kier alpha value is -1.34. The molecule has 0 aromatic heterocycles. The number of nitro benzene ring substituents is 1. The first-order valence-electron chi connectivity index (χ1n) is 3.90. The molecule has 0 aliphatic rings. The third-order valence-electron chi connectivity index (χ3n) is 1.74. The molecule has 0 bridgehead atoms. The molecule has 17 heavy (non-hydrogen) atoms. The Balaban J connectivity index is 3.57. The minimum atomic E-state index is -5.26. The number of rotatable bonds is 2. The minimum absolute atomic E-state index is 0.591. The molecule has 0 atom stereocenters. The standard InChI is InChI=1S/C8H2Cl2F3NO3/c9-3-1-2-4(10)6(14(16)17)5(3)7(15)8(11,12)13/h1-2H. The molecule has 4 nitrogen and oxygen atoms in total. The summed E-state index contributed by atoms with van der Waals surface area (Å²) in [7, 11) is 0. The van der Waals surface area contributed by atoms with Gasteiger partial charge in [-0.2, -0.15) is 13.2 Å². The van der Waals surface area contributed by atoms with E-state index in [-0.39, 0.29) is 0 Å². The highest BCUT2D eigenvalue weighted by Gasteiger charge is 2.44. The maximum atomic E-state index is 12.2. The lowest BCUT2D eigenvalue weighted by Crippen LogP contribution is -2.24. The smallest absolute Gasteiger partial charge is 0.284 e. The van der Waals surface area contributed by atoms with Crippen LogP contribution in [0.15, 0.2) is 12.1 Å². The van der Waals surface area contributed by atoms with Crippen LogP contribution < -0.4 is 0 Å². The van der Waals surface area contributed by atoms with E-state index >= 15 is 0 Å². The Bertz CT molecular complexity index is 502. The maximum absolute atomic E-state index is 12.2. The van der Waals surface area contributed by atoms with Crippen molar-refractivity contribution in [2.75, 3.05) is 0 Å². The molecule has 0 saturated carbocycles. The zero-order chi connectivity index (χ0) is 13.4. The third kappa shape index (κ3) is 2.67. The van der Waals surface area contributed by atoms with E-state index in [4.69, 9.17) is 23.2 Å². The van der Waals surface area contributed by atoms with Crippen LogP contribution in [0.25, 0.3) is 0 Å². The fourth-order valence-corrected chi connectivity index (χ4v) is 1.54. The van der Waals surface area contributed by atoms with E-state index in [0.717, 1.165) is 12.1 Å². The summed E-state index contributed by atoms with van der Waals surface area (Å²) >= 11 is 10.7. The quantitative estimate of drug-likeness (QED) is 0.474. The highest BCUT2D eigenvalue weighted by Crippen LogP contribution is 2.37.